The Morgan fingerprint density at radius 3 is 2.21 bits per heavy atom. The van der Waals surface area contributed by atoms with Gasteiger partial charge in [-0.3, -0.25) is 9.69 Å². The van der Waals surface area contributed by atoms with Gasteiger partial charge in [-0.05, 0) is 108 Å². The fourth-order valence-electron chi connectivity index (χ4n) is 7.14. The first-order valence-electron chi connectivity index (χ1n) is 18.3. The molecule has 7 rings (SSSR count). The maximum Gasteiger partial charge on any atom is 0.265 e. The molecule has 2 fully saturated rings. The number of hydrogen-bond donors (Lipinski definition) is 2. The maximum absolute atomic E-state index is 13.7. The largest absolute Gasteiger partial charge is 0.385 e. The summed E-state index contributed by atoms with van der Waals surface area (Å²) in [6.45, 7) is 6.62. The second kappa shape index (κ2) is 17.0. The van der Waals surface area contributed by atoms with Crippen LogP contribution in [0.3, 0.4) is 0 Å². The summed E-state index contributed by atoms with van der Waals surface area (Å²) in [4.78, 5) is 18.5. The zero-order valence-corrected chi connectivity index (χ0v) is 31.3. The molecule has 0 unspecified atom stereocenters. The van der Waals surface area contributed by atoms with Gasteiger partial charge in [0.1, 0.15) is 0 Å². The van der Waals surface area contributed by atoms with Crippen LogP contribution in [0.5, 0.6) is 0 Å². The van der Waals surface area contributed by atoms with E-state index in [1.807, 2.05) is 54.6 Å². The van der Waals surface area contributed by atoms with E-state index in [1.165, 1.54) is 23.3 Å². The van der Waals surface area contributed by atoms with E-state index in [-0.39, 0.29) is 4.90 Å². The van der Waals surface area contributed by atoms with Crippen molar-refractivity contribution in [2.24, 2.45) is 5.92 Å². The third-order valence-corrected chi connectivity index (χ3v) is 11.8. The smallest absolute Gasteiger partial charge is 0.265 e. The van der Waals surface area contributed by atoms with Crippen LogP contribution in [-0.4, -0.2) is 65.2 Å². The molecular formula is C43H45ClN4O4S. The second-order valence-electron chi connectivity index (χ2n) is 13.8. The van der Waals surface area contributed by atoms with E-state index in [1.54, 1.807) is 18.2 Å². The van der Waals surface area contributed by atoms with Gasteiger partial charge in [0.2, 0.25) is 0 Å². The van der Waals surface area contributed by atoms with Crippen molar-refractivity contribution in [3.05, 3.63) is 149 Å². The first kappa shape index (κ1) is 36.7. The van der Waals surface area contributed by atoms with E-state index in [0.29, 0.717) is 17.9 Å². The molecule has 0 atom stereocenters. The lowest BCUT2D eigenvalue weighted by atomic mass is 9.98. The molecule has 53 heavy (non-hydrogen) atoms. The first-order chi connectivity index (χ1) is 25.8. The summed E-state index contributed by atoms with van der Waals surface area (Å²) >= 11 is 6.15. The van der Waals surface area contributed by atoms with Gasteiger partial charge in [-0.25, -0.2) is 13.1 Å². The number of amides is 1. The normalized spacial score (nSPS) is 15.6. The van der Waals surface area contributed by atoms with E-state index in [9.17, 15) is 13.2 Å². The van der Waals surface area contributed by atoms with Crippen molar-refractivity contribution in [2.75, 3.05) is 56.2 Å². The predicted octanol–water partition coefficient (Wildman–Crippen LogP) is 7.88. The van der Waals surface area contributed by atoms with Gasteiger partial charge >= 0.3 is 0 Å². The van der Waals surface area contributed by atoms with E-state index in [0.717, 1.165) is 98.4 Å². The minimum Gasteiger partial charge on any atom is -0.385 e. The summed E-state index contributed by atoms with van der Waals surface area (Å²) in [7, 11) is -4.10. The first-order valence-corrected chi connectivity index (χ1v) is 20.1. The van der Waals surface area contributed by atoms with Crippen LogP contribution in [0.4, 0.5) is 11.4 Å². The standard InChI is InChI=1S/C43H45ClN4O4S/c44-37-12-10-34(11-13-37)41-9-5-4-8-35(41)31-47-22-24-48(25-23-47)39-16-19-42(36(29-39)28-32-6-2-1-3-7-32)43(49)46-53(50,51)40-17-14-38(15-18-40)45-30-33-20-26-52-27-21-33/h1-19,29,33,45H,20-28,30-31H2,(H,46,49). The van der Waals surface area contributed by atoms with E-state index in [2.05, 4.69) is 56.2 Å². The van der Waals surface area contributed by atoms with Gasteiger partial charge in [-0.2, -0.15) is 0 Å². The number of anilines is 2. The fraction of sp³-hybridized carbons (Fsp3) is 0.279. The van der Waals surface area contributed by atoms with Crippen LogP contribution >= 0.6 is 11.6 Å². The Labute approximate surface area is 317 Å². The number of carbonyl (C=O) groups excluding carboxylic acids is 1. The third-order valence-electron chi connectivity index (χ3n) is 10.2. The number of hydrogen-bond acceptors (Lipinski definition) is 7. The quantitative estimate of drug-likeness (QED) is 0.134. The highest BCUT2D eigenvalue weighted by molar-refractivity contribution is 7.90. The topological polar surface area (TPSA) is 91.0 Å². The van der Waals surface area contributed by atoms with Crippen molar-refractivity contribution in [3.63, 3.8) is 0 Å². The number of benzene rings is 5. The third kappa shape index (κ3) is 9.47. The summed E-state index contributed by atoms with van der Waals surface area (Å²) in [6, 6.07) is 38.7. The maximum atomic E-state index is 13.7. The molecule has 0 bridgehead atoms. The number of halogens is 1. The Bertz CT molecular complexity index is 2100. The fourth-order valence-corrected chi connectivity index (χ4v) is 8.23. The summed E-state index contributed by atoms with van der Waals surface area (Å²) < 4.78 is 34.6. The Hall–Kier alpha value is -4.67. The van der Waals surface area contributed by atoms with Gasteiger partial charge in [0.05, 0.1) is 4.90 Å². The zero-order valence-electron chi connectivity index (χ0n) is 29.7. The molecule has 0 saturated carbocycles. The monoisotopic (exact) mass is 748 g/mol. The Balaban J connectivity index is 1.02. The highest BCUT2D eigenvalue weighted by Crippen LogP contribution is 2.28. The van der Waals surface area contributed by atoms with Gasteiger partial charge in [0, 0.05) is 74.4 Å². The van der Waals surface area contributed by atoms with Crippen molar-refractivity contribution < 1.29 is 17.9 Å². The van der Waals surface area contributed by atoms with Crippen LogP contribution < -0.4 is 14.9 Å². The molecule has 5 aromatic rings. The van der Waals surface area contributed by atoms with Gasteiger partial charge in [0.15, 0.2) is 0 Å². The van der Waals surface area contributed by atoms with Crippen LogP contribution in [0.2, 0.25) is 5.02 Å². The van der Waals surface area contributed by atoms with E-state index < -0.39 is 15.9 Å². The van der Waals surface area contributed by atoms with Gasteiger partial charge < -0.3 is 15.0 Å². The van der Waals surface area contributed by atoms with Crippen molar-refractivity contribution in [1.29, 1.82) is 0 Å². The van der Waals surface area contributed by atoms with Crippen molar-refractivity contribution >= 4 is 38.9 Å². The van der Waals surface area contributed by atoms with Gasteiger partial charge in [-0.1, -0.05) is 78.3 Å². The molecule has 274 valence electrons. The predicted molar refractivity (Wildman–Crippen MR) is 213 cm³/mol. The Morgan fingerprint density at radius 1 is 0.774 bits per heavy atom. The minimum absolute atomic E-state index is 0.0392. The molecule has 2 heterocycles. The lowest BCUT2D eigenvalue weighted by Crippen LogP contribution is -2.46. The summed E-state index contributed by atoms with van der Waals surface area (Å²) in [6.07, 6.45) is 2.51. The molecule has 0 aliphatic carbocycles. The molecule has 0 aromatic heterocycles. The number of rotatable bonds is 12. The van der Waals surface area contributed by atoms with Crippen LogP contribution in [0.25, 0.3) is 11.1 Å². The number of piperazine rings is 1. The lowest BCUT2D eigenvalue weighted by Gasteiger charge is -2.36. The molecular weight excluding hydrogens is 704 g/mol. The number of ether oxygens (including phenoxy) is 1. The molecule has 0 radical (unpaired) electrons. The van der Waals surface area contributed by atoms with Crippen LogP contribution in [0.1, 0.15) is 39.9 Å². The summed E-state index contributed by atoms with van der Waals surface area (Å²) in [5, 5.41) is 4.12. The molecule has 0 spiro atoms. The molecule has 2 aliphatic heterocycles. The molecule has 2 N–H and O–H groups in total. The van der Waals surface area contributed by atoms with Crippen LogP contribution in [0.15, 0.2) is 126 Å². The number of nitrogens with one attached hydrogen (secondary N) is 2. The number of nitrogens with zero attached hydrogens (tertiary/aromatic N) is 2. The van der Waals surface area contributed by atoms with E-state index >= 15 is 0 Å². The average Bonchev–Trinajstić information content (AvgIpc) is 3.19. The summed E-state index contributed by atoms with van der Waals surface area (Å²) in [5.74, 6) is -0.115. The Kier molecular flexibility index (Phi) is 11.8. The van der Waals surface area contributed by atoms with Crippen molar-refractivity contribution in [1.82, 2.24) is 9.62 Å². The average molecular weight is 749 g/mol. The highest BCUT2D eigenvalue weighted by Gasteiger charge is 2.24. The number of sulfonamides is 1. The molecule has 2 saturated heterocycles. The molecule has 1 amide bonds. The SMILES string of the molecule is O=C(NS(=O)(=O)c1ccc(NCC2CCOCC2)cc1)c1ccc(N2CCN(Cc3ccccc3-c3ccc(Cl)cc3)CC2)cc1Cc1ccccc1. The molecule has 10 heteroatoms. The number of carbonyl (C=O) groups is 1. The second-order valence-corrected chi connectivity index (χ2v) is 15.9. The lowest BCUT2D eigenvalue weighted by molar-refractivity contribution is 0.0699. The molecule has 2 aliphatic rings. The van der Waals surface area contributed by atoms with E-state index in [4.69, 9.17) is 16.3 Å². The molecule has 8 nitrogen and oxygen atoms in total. The Morgan fingerprint density at radius 2 is 1.47 bits per heavy atom. The van der Waals surface area contributed by atoms with Crippen molar-refractivity contribution in [2.45, 2.75) is 30.7 Å². The molecule has 5 aromatic carbocycles. The van der Waals surface area contributed by atoms with Crippen LogP contribution in [0, 0.1) is 5.92 Å². The van der Waals surface area contributed by atoms with Gasteiger partial charge in [-0.15, -0.1) is 0 Å². The van der Waals surface area contributed by atoms with Crippen molar-refractivity contribution in [3.8, 4) is 11.1 Å². The summed E-state index contributed by atoms with van der Waals surface area (Å²) in [5.41, 5.74) is 7.64. The minimum atomic E-state index is -4.10. The van der Waals surface area contributed by atoms with Gasteiger partial charge in [0.25, 0.3) is 15.9 Å². The highest BCUT2D eigenvalue weighted by atomic mass is 35.5. The zero-order chi connectivity index (χ0) is 36.6. The van der Waals surface area contributed by atoms with Crippen LogP contribution in [-0.2, 0) is 27.7 Å².